The fourth-order valence-corrected chi connectivity index (χ4v) is 2.42. The van der Waals surface area contributed by atoms with Gasteiger partial charge in [-0.3, -0.25) is 14.9 Å². The van der Waals surface area contributed by atoms with E-state index in [2.05, 4.69) is 15.6 Å². The van der Waals surface area contributed by atoms with Crippen LogP contribution < -0.4 is 10.6 Å². The van der Waals surface area contributed by atoms with Crippen molar-refractivity contribution in [2.75, 3.05) is 6.54 Å². The summed E-state index contributed by atoms with van der Waals surface area (Å²) in [7, 11) is 0. The molecular formula is C13H19N3O4S. The zero-order valence-corrected chi connectivity index (χ0v) is 12.8. The molecule has 2 atom stereocenters. The smallest absolute Gasteiger partial charge is 0.321 e. The molecule has 116 valence electrons. The number of carboxylic acids is 1. The highest BCUT2D eigenvalue weighted by molar-refractivity contribution is 7.09. The van der Waals surface area contributed by atoms with Crippen LogP contribution in [-0.2, 0) is 9.59 Å². The van der Waals surface area contributed by atoms with Gasteiger partial charge in [0.05, 0.1) is 5.01 Å². The molecular weight excluding hydrogens is 294 g/mol. The first-order chi connectivity index (χ1) is 9.88. The van der Waals surface area contributed by atoms with Gasteiger partial charge < -0.3 is 10.4 Å². The van der Waals surface area contributed by atoms with E-state index in [4.69, 9.17) is 5.11 Å². The standard InChI is InChI=1S/C13H19N3O4S/c1-8(6-11(18)19)5-10(17)16-13(20)15-7-9(2)12-14-3-4-21-12/h3-4,8-9H,5-7H2,1-2H3,(H,18,19)(H2,15,16,17,20). The Morgan fingerprint density at radius 3 is 2.62 bits per heavy atom. The summed E-state index contributed by atoms with van der Waals surface area (Å²) in [6.45, 7) is 3.95. The second-order valence-electron chi connectivity index (χ2n) is 4.94. The zero-order chi connectivity index (χ0) is 15.8. The largest absolute Gasteiger partial charge is 0.481 e. The van der Waals surface area contributed by atoms with E-state index in [-0.39, 0.29) is 24.7 Å². The molecule has 1 aromatic heterocycles. The van der Waals surface area contributed by atoms with Gasteiger partial charge in [0.1, 0.15) is 0 Å². The Kier molecular flexibility index (Phi) is 6.80. The minimum atomic E-state index is -0.961. The van der Waals surface area contributed by atoms with Crippen molar-refractivity contribution in [3.63, 3.8) is 0 Å². The maximum Gasteiger partial charge on any atom is 0.321 e. The predicted molar refractivity (Wildman–Crippen MR) is 78.1 cm³/mol. The van der Waals surface area contributed by atoms with E-state index in [0.29, 0.717) is 6.54 Å². The van der Waals surface area contributed by atoms with Crippen molar-refractivity contribution < 1.29 is 19.5 Å². The van der Waals surface area contributed by atoms with Crippen LogP contribution in [0.3, 0.4) is 0 Å². The number of carbonyl (C=O) groups is 3. The second-order valence-corrected chi connectivity index (χ2v) is 5.86. The maximum absolute atomic E-state index is 11.6. The van der Waals surface area contributed by atoms with Crippen LogP contribution >= 0.6 is 11.3 Å². The third kappa shape index (κ3) is 6.84. The summed E-state index contributed by atoms with van der Waals surface area (Å²) >= 11 is 1.51. The van der Waals surface area contributed by atoms with Gasteiger partial charge in [-0.25, -0.2) is 9.78 Å². The number of nitrogens with zero attached hydrogens (tertiary/aromatic N) is 1. The fraction of sp³-hybridized carbons (Fsp3) is 0.538. The average molecular weight is 313 g/mol. The second kappa shape index (κ2) is 8.35. The summed E-state index contributed by atoms with van der Waals surface area (Å²) in [6, 6.07) is -0.578. The first-order valence-electron chi connectivity index (χ1n) is 6.57. The number of rotatable bonds is 7. The molecule has 3 N–H and O–H groups in total. The van der Waals surface area contributed by atoms with Gasteiger partial charge in [0.15, 0.2) is 0 Å². The number of amides is 3. The predicted octanol–water partition coefficient (Wildman–Crippen LogP) is 1.57. The quantitative estimate of drug-likeness (QED) is 0.708. The molecule has 21 heavy (non-hydrogen) atoms. The lowest BCUT2D eigenvalue weighted by Crippen LogP contribution is -2.41. The molecule has 0 aromatic carbocycles. The Morgan fingerprint density at radius 2 is 2.05 bits per heavy atom. The summed E-state index contributed by atoms with van der Waals surface area (Å²) in [5.41, 5.74) is 0. The first kappa shape index (κ1) is 17.1. The van der Waals surface area contributed by atoms with Crippen LogP contribution in [-0.4, -0.2) is 34.5 Å². The number of thiazole rings is 1. The van der Waals surface area contributed by atoms with Crippen molar-refractivity contribution in [1.29, 1.82) is 0 Å². The van der Waals surface area contributed by atoms with Gasteiger partial charge in [-0.05, 0) is 5.92 Å². The van der Waals surface area contributed by atoms with Gasteiger partial charge in [-0.2, -0.15) is 0 Å². The number of urea groups is 1. The molecule has 0 aliphatic carbocycles. The van der Waals surface area contributed by atoms with Crippen LogP contribution in [0, 0.1) is 5.92 Å². The molecule has 3 amide bonds. The summed E-state index contributed by atoms with van der Waals surface area (Å²) in [4.78, 5) is 37.7. The molecule has 1 aromatic rings. The molecule has 0 spiro atoms. The number of carboxylic acid groups (broad SMARTS) is 1. The van der Waals surface area contributed by atoms with Crippen molar-refractivity contribution in [1.82, 2.24) is 15.6 Å². The Morgan fingerprint density at radius 1 is 1.33 bits per heavy atom. The lowest BCUT2D eigenvalue weighted by molar-refractivity contribution is -0.138. The molecule has 0 fully saturated rings. The van der Waals surface area contributed by atoms with Crippen molar-refractivity contribution in [3.05, 3.63) is 16.6 Å². The normalized spacial score (nSPS) is 13.2. The molecule has 8 heteroatoms. The first-order valence-corrected chi connectivity index (χ1v) is 7.45. The fourth-order valence-electron chi connectivity index (χ4n) is 1.72. The van der Waals surface area contributed by atoms with Crippen molar-refractivity contribution in [2.45, 2.75) is 32.6 Å². The Bertz CT molecular complexity index is 490. The van der Waals surface area contributed by atoms with Gasteiger partial charge in [0.25, 0.3) is 0 Å². The number of aliphatic carboxylic acids is 1. The number of hydrogen-bond donors (Lipinski definition) is 3. The lowest BCUT2D eigenvalue weighted by Gasteiger charge is -2.12. The molecule has 2 unspecified atom stereocenters. The summed E-state index contributed by atoms with van der Waals surface area (Å²) in [5.74, 6) is -1.69. The van der Waals surface area contributed by atoms with Crippen LogP contribution in [0.4, 0.5) is 4.79 Å². The van der Waals surface area contributed by atoms with E-state index in [1.54, 1.807) is 13.1 Å². The molecule has 0 saturated carbocycles. The van der Waals surface area contributed by atoms with Crippen LogP contribution in [0.25, 0.3) is 0 Å². The van der Waals surface area contributed by atoms with Gasteiger partial charge in [-0.15, -0.1) is 11.3 Å². The maximum atomic E-state index is 11.6. The highest BCUT2D eigenvalue weighted by Gasteiger charge is 2.15. The van der Waals surface area contributed by atoms with E-state index in [0.717, 1.165) is 5.01 Å². The van der Waals surface area contributed by atoms with E-state index in [1.807, 2.05) is 12.3 Å². The van der Waals surface area contributed by atoms with Gasteiger partial charge in [0, 0.05) is 36.9 Å². The number of aromatic nitrogens is 1. The molecule has 0 aliphatic heterocycles. The van der Waals surface area contributed by atoms with Gasteiger partial charge >= 0.3 is 12.0 Å². The van der Waals surface area contributed by atoms with Crippen LogP contribution in [0.2, 0.25) is 0 Å². The van der Waals surface area contributed by atoms with Gasteiger partial charge in [0.2, 0.25) is 5.91 Å². The molecule has 0 radical (unpaired) electrons. The van der Waals surface area contributed by atoms with Crippen LogP contribution in [0.15, 0.2) is 11.6 Å². The Balaban J connectivity index is 2.27. The molecule has 0 aliphatic rings. The highest BCUT2D eigenvalue weighted by atomic mass is 32.1. The Hall–Kier alpha value is -1.96. The third-order valence-electron chi connectivity index (χ3n) is 2.75. The van der Waals surface area contributed by atoms with Crippen molar-refractivity contribution >= 4 is 29.2 Å². The monoisotopic (exact) mass is 313 g/mol. The number of carbonyl (C=O) groups excluding carboxylic acids is 2. The van der Waals surface area contributed by atoms with Gasteiger partial charge in [-0.1, -0.05) is 13.8 Å². The number of imide groups is 1. The summed E-state index contributed by atoms with van der Waals surface area (Å²) < 4.78 is 0. The number of hydrogen-bond acceptors (Lipinski definition) is 5. The topological polar surface area (TPSA) is 108 Å². The van der Waals surface area contributed by atoms with E-state index in [1.165, 1.54) is 11.3 Å². The minimum Gasteiger partial charge on any atom is -0.481 e. The lowest BCUT2D eigenvalue weighted by atomic mass is 10.0. The summed E-state index contributed by atoms with van der Waals surface area (Å²) in [6.07, 6.45) is 1.60. The summed E-state index contributed by atoms with van der Waals surface area (Å²) in [5, 5.41) is 16.2. The minimum absolute atomic E-state index is 0.00174. The molecule has 1 heterocycles. The van der Waals surface area contributed by atoms with Crippen molar-refractivity contribution in [2.24, 2.45) is 5.92 Å². The van der Waals surface area contributed by atoms with E-state index in [9.17, 15) is 14.4 Å². The Labute approximate surface area is 126 Å². The van der Waals surface area contributed by atoms with Crippen LogP contribution in [0.5, 0.6) is 0 Å². The highest BCUT2D eigenvalue weighted by Crippen LogP contribution is 2.16. The average Bonchev–Trinajstić information content (AvgIpc) is 2.88. The molecule has 7 nitrogen and oxygen atoms in total. The van der Waals surface area contributed by atoms with E-state index >= 15 is 0 Å². The molecule has 0 saturated heterocycles. The van der Waals surface area contributed by atoms with Crippen LogP contribution in [0.1, 0.15) is 37.6 Å². The zero-order valence-electron chi connectivity index (χ0n) is 12.0. The SMILES string of the molecule is CC(CC(=O)O)CC(=O)NC(=O)NCC(C)c1nccs1. The third-order valence-corrected chi connectivity index (χ3v) is 3.76. The molecule has 0 bridgehead atoms. The number of nitrogens with one attached hydrogen (secondary N) is 2. The molecule has 1 rings (SSSR count). The van der Waals surface area contributed by atoms with E-state index < -0.39 is 17.9 Å². The van der Waals surface area contributed by atoms with Crippen molar-refractivity contribution in [3.8, 4) is 0 Å².